The minimum Gasteiger partial charge on any atom is -0.366 e. The van der Waals surface area contributed by atoms with E-state index >= 15 is 0 Å². The van der Waals surface area contributed by atoms with Crippen LogP contribution < -0.4 is 5.32 Å². The number of aromatic nitrogens is 2. The molecule has 21 heavy (non-hydrogen) atoms. The molecule has 0 fully saturated rings. The quantitative estimate of drug-likeness (QED) is 0.807. The minimum absolute atomic E-state index is 0.145. The van der Waals surface area contributed by atoms with Crippen LogP contribution in [0, 0.1) is 6.92 Å². The molecule has 0 saturated heterocycles. The number of rotatable bonds is 3. The van der Waals surface area contributed by atoms with Crippen molar-refractivity contribution in [1.29, 1.82) is 0 Å². The fourth-order valence-electron chi connectivity index (χ4n) is 1.78. The molecule has 0 radical (unpaired) electrons. The van der Waals surface area contributed by atoms with Crippen molar-refractivity contribution in [2.75, 3.05) is 5.32 Å². The molecule has 112 valence electrons. The van der Waals surface area contributed by atoms with Gasteiger partial charge in [-0.2, -0.15) is 0 Å². The number of benzene rings is 1. The van der Waals surface area contributed by atoms with E-state index in [1.54, 1.807) is 0 Å². The lowest BCUT2D eigenvalue weighted by atomic mass is 9.95. The van der Waals surface area contributed by atoms with Gasteiger partial charge < -0.3 is 5.32 Å². The first-order chi connectivity index (χ1) is 9.77. The molecule has 2 rings (SSSR count). The Morgan fingerprint density at radius 1 is 1.05 bits per heavy atom. The molecule has 0 unspecified atom stereocenters. The molecule has 0 atom stereocenters. The van der Waals surface area contributed by atoms with Gasteiger partial charge in [0.2, 0.25) is 0 Å². The summed E-state index contributed by atoms with van der Waals surface area (Å²) in [5, 5.41) is 4.55. The number of nitrogens with one attached hydrogen (secondary N) is 1. The number of nitrogens with zero attached hydrogens (tertiary/aromatic N) is 2. The molecule has 0 aliphatic heterocycles. The number of hydrogen-bond acceptors (Lipinski definition) is 3. The Morgan fingerprint density at radius 2 is 1.67 bits per heavy atom. The predicted molar refractivity (Wildman–Crippen MR) is 89.3 cm³/mol. The highest BCUT2D eigenvalue weighted by molar-refractivity contribution is 6.30. The number of hydrogen-bond donors (Lipinski definition) is 1. The van der Waals surface area contributed by atoms with Crippen LogP contribution in [0.1, 0.15) is 37.7 Å². The van der Waals surface area contributed by atoms with Gasteiger partial charge in [0.1, 0.15) is 16.8 Å². The van der Waals surface area contributed by atoms with Gasteiger partial charge in [0, 0.05) is 22.5 Å². The maximum Gasteiger partial charge on any atom is 0.137 e. The van der Waals surface area contributed by atoms with Gasteiger partial charge in [-0.3, -0.25) is 0 Å². The molecule has 1 aromatic heterocycles. The van der Waals surface area contributed by atoms with Gasteiger partial charge in [-0.25, -0.2) is 9.97 Å². The standard InChI is InChI=1S/C16H19Cl2N3/c1-10-13(18)20-15(16(2,3)4)21-14(10)19-9-11-5-7-12(17)8-6-11/h5-8H,9H2,1-4H3,(H,19,20,21). The maximum atomic E-state index is 6.22. The molecular formula is C16H19Cl2N3. The third kappa shape index (κ3) is 4.08. The maximum absolute atomic E-state index is 6.22. The van der Waals surface area contributed by atoms with Crippen LogP contribution in [-0.4, -0.2) is 9.97 Å². The van der Waals surface area contributed by atoms with Crippen LogP contribution in [0.3, 0.4) is 0 Å². The van der Waals surface area contributed by atoms with Gasteiger partial charge in [-0.15, -0.1) is 0 Å². The van der Waals surface area contributed by atoms with E-state index in [1.807, 2.05) is 31.2 Å². The summed E-state index contributed by atoms with van der Waals surface area (Å²) in [7, 11) is 0. The van der Waals surface area contributed by atoms with Crippen LogP contribution in [0.25, 0.3) is 0 Å². The third-order valence-electron chi connectivity index (χ3n) is 3.13. The molecule has 5 heteroatoms. The topological polar surface area (TPSA) is 37.8 Å². The van der Waals surface area contributed by atoms with Crippen LogP contribution in [0.5, 0.6) is 0 Å². The molecule has 3 nitrogen and oxygen atoms in total. The van der Waals surface area contributed by atoms with Crippen LogP contribution >= 0.6 is 23.2 Å². The molecule has 0 saturated carbocycles. The largest absolute Gasteiger partial charge is 0.366 e. The second-order valence-electron chi connectivity index (χ2n) is 6.04. The minimum atomic E-state index is -0.145. The number of anilines is 1. The van der Waals surface area contributed by atoms with Crippen LogP contribution in [0.15, 0.2) is 24.3 Å². The van der Waals surface area contributed by atoms with Gasteiger partial charge in [-0.1, -0.05) is 56.1 Å². The Kier molecular flexibility index (Phi) is 4.74. The van der Waals surface area contributed by atoms with E-state index in [9.17, 15) is 0 Å². The monoisotopic (exact) mass is 323 g/mol. The van der Waals surface area contributed by atoms with E-state index in [4.69, 9.17) is 23.2 Å². The second kappa shape index (κ2) is 6.20. The lowest BCUT2D eigenvalue weighted by molar-refractivity contribution is 0.545. The molecule has 1 heterocycles. The van der Waals surface area contributed by atoms with Gasteiger partial charge in [0.25, 0.3) is 0 Å². The Hall–Kier alpha value is -1.32. The predicted octanol–water partition coefficient (Wildman–Crippen LogP) is 5.00. The highest BCUT2D eigenvalue weighted by Crippen LogP contribution is 2.26. The van der Waals surface area contributed by atoms with Crippen molar-refractivity contribution in [2.45, 2.75) is 39.7 Å². The second-order valence-corrected chi connectivity index (χ2v) is 6.84. The third-order valence-corrected chi connectivity index (χ3v) is 3.75. The molecule has 0 bridgehead atoms. The summed E-state index contributed by atoms with van der Waals surface area (Å²) in [5.41, 5.74) is 1.85. The van der Waals surface area contributed by atoms with Crippen LogP contribution in [0.2, 0.25) is 10.2 Å². The van der Waals surface area contributed by atoms with Gasteiger partial charge in [0.15, 0.2) is 0 Å². The van der Waals surface area contributed by atoms with E-state index in [0.29, 0.717) is 11.7 Å². The first kappa shape index (κ1) is 16.1. The van der Waals surface area contributed by atoms with Crippen molar-refractivity contribution in [2.24, 2.45) is 0 Å². The van der Waals surface area contributed by atoms with Gasteiger partial charge >= 0.3 is 0 Å². The Balaban J connectivity index is 2.23. The average Bonchev–Trinajstić information content (AvgIpc) is 2.41. The zero-order valence-corrected chi connectivity index (χ0v) is 14.2. The summed E-state index contributed by atoms with van der Waals surface area (Å²) < 4.78 is 0. The fourth-order valence-corrected chi connectivity index (χ4v) is 2.08. The first-order valence-corrected chi connectivity index (χ1v) is 7.56. The smallest absolute Gasteiger partial charge is 0.137 e. The fraction of sp³-hybridized carbons (Fsp3) is 0.375. The summed E-state index contributed by atoms with van der Waals surface area (Å²) in [6.45, 7) is 8.78. The number of halogens is 2. The van der Waals surface area contributed by atoms with Crippen molar-refractivity contribution in [3.8, 4) is 0 Å². The van der Waals surface area contributed by atoms with Crippen molar-refractivity contribution >= 4 is 29.0 Å². The molecule has 0 amide bonds. The molecule has 1 aromatic carbocycles. The Morgan fingerprint density at radius 3 is 2.24 bits per heavy atom. The normalized spacial score (nSPS) is 11.5. The van der Waals surface area contributed by atoms with Gasteiger partial charge in [-0.05, 0) is 24.6 Å². The summed E-state index contributed by atoms with van der Waals surface area (Å²) >= 11 is 12.1. The lowest BCUT2D eigenvalue weighted by Crippen LogP contribution is -2.18. The lowest BCUT2D eigenvalue weighted by Gasteiger charge is -2.19. The Bertz CT molecular complexity index is 631. The van der Waals surface area contributed by atoms with E-state index in [-0.39, 0.29) is 5.41 Å². The molecule has 0 aliphatic carbocycles. The van der Waals surface area contributed by atoms with Crippen LogP contribution in [0.4, 0.5) is 5.82 Å². The first-order valence-electron chi connectivity index (χ1n) is 6.80. The van der Waals surface area contributed by atoms with Crippen LogP contribution in [-0.2, 0) is 12.0 Å². The van der Waals surface area contributed by atoms with E-state index in [0.717, 1.165) is 27.8 Å². The zero-order valence-electron chi connectivity index (χ0n) is 12.7. The summed E-state index contributed by atoms with van der Waals surface area (Å²) in [5.74, 6) is 1.51. The molecule has 2 aromatic rings. The highest BCUT2D eigenvalue weighted by Gasteiger charge is 2.20. The van der Waals surface area contributed by atoms with E-state index < -0.39 is 0 Å². The molecule has 1 N–H and O–H groups in total. The molecule has 0 aliphatic rings. The van der Waals surface area contributed by atoms with E-state index in [2.05, 4.69) is 36.1 Å². The molecule has 0 spiro atoms. The molecular weight excluding hydrogens is 305 g/mol. The van der Waals surface area contributed by atoms with Crippen molar-refractivity contribution < 1.29 is 0 Å². The Labute approximate surface area is 135 Å². The van der Waals surface area contributed by atoms with Gasteiger partial charge in [0.05, 0.1) is 0 Å². The average molecular weight is 324 g/mol. The van der Waals surface area contributed by atoms with Crippen molar-refractivity contribution in [3.63, 3.8) is 0 Å². The summed E-state index contributed by atoms with van der Waals surface area (Å²) in [6, 6.07) is 7.72. The zero-order chi connectivity index (χ0) is 15.6. The van der Waals surface area contributed by atoms with Crippen molar-refractivity contribution in [3.05, 3.63) is 51.4 Å². The van der Waals surface area contributed by atoms with E-state index in [1.165, 1.54) is 0 Å². The highest BCUT2D eigenvalue weighted by atomic mass is 35.5. The summed E-state index contributed by atoms with van der Waals surface area (Å²) in [6.07, 6.45) is 0. The summed E-state index contributed by atoms with van der Waals surface area (Å²) in [4.78, 5) is 8.97. The van der Waals surface area contributed by atoms with Crippen molar-refractivity contribution in [1.82, 2.24) is 9.97 Å². The SMILES string of the molecule is Cc1c(Cl)nc(C(C)(C)C)nc1NCc1ccc(Cl)cc1.